The van der Waals surface area contributed by atoms with Crippen LogP contribution in [0.3, 0.4) is 0 Å². The fourth-order valence-corrected chi connectivity index (χ4v) is 5.60. The summed E-state index contributed by atoms with van der Waals surface area (Å²) >= 11 is 0. The molecule has 1 N–H and O–H groups in total. The van der Waals surface area contributed by atoms with Crippen molar-refractivity contribution in [2.24, 2.45) is 0 Å². The number of anilines is 2. The smallest absolute Gasteiger partial charge is 0.246 e. The Morgan fingerprint density at radius 3 is 2.57 bits per heavy atom. The van der Waals surface area contributed by atoms with Crippen LogP contribution in [0.2, 0.25) is 0 Å². The zero-order chi connectivity index (χ0) is 23.9. The lowest BCUT2D eigenvalue weighted by atomic mass is 10.0. The summed E-state index contributed by atoms with van der Waals surface area (Å²) in [6.07, 6.45) is 13.9. The number of carbonyl (C=O) groups is 1. The van der Waals surface area contributed by atoms with Gasteiger partial charge in [0.05, 0.1) is 0 Å². The Hall–Kier alpha value is -2.93. The van der Waals surface area contributed by atoms with E-state index >= 15 is 0 Å². The maximum absolute atomic E-state index is 12.8. The maximum Gasteiger partial charge on any atom is 0.246 e. The number of hydrogen-bond acceptors (Lipinski definition) is 6. The van der Waals surface area contributed by atoms with Crippen LogP contribution >= 0.6 is 0 Å². The van der Waals surface area contributed by atoms with Crippen molar-refractivity contribution < 1.29 is 4.79 Å². The minimum absolute atomic E-state index is 0.117. The number of nitrogens with one attached hydrogen (secondary N) is 1. The molecule has 0 radical (unpaired) electrons. The van der Waals surface area contributed by atoms with Crippen molar-refractivity contribution >= 4 is 23.7 Å². The highest BCUT2D eigenvalue weighted by Gasteiger charge is 2.32. The fraction of sp³-hybridized carbons (Fsp3) is 0.536. The first-order valence-corrected chi connectivity index (χ1v) is 13.4. The first-order chi connectivity index (χ1) is 17.2. The van der Waals surface area contributed by atoms with Crippen LogP contribution in [-0.2, 0) is 4.79 Å². The van der Waals surface area contributed by atoms with Gasteiger partial charge in [0.25, 0.3) is 0 Å². The highest BCUT2D eigenvalue weighted by Crippen LogP contribution is 2.23. The summed E-state index contributed by atoms with van der Waals surface area (Å²) in [6, 6.07) is 12.8. The third kappa shape index (κ3) is 6.40. The van der Waals surface area contributed by atoms with Gasteiger partial charge in [-0.25, -0.2) is 4.98 Å². The van der Waals surface area contributed by atoms with Gasteiger partial charge in [-0.05, 0) is 49.8 Å². The number of likely N-dealkylation sites (tertiary alicyclic amines) is 2. The van der Waals surface area contributed by atoms with E-state index in [0.29, 0.717) is 12.1 Å². The van der Waals surface area contributed by atoms with E-state index in [1.165, 1.54) is 25.7 Å². The van der Waals surface area contributed by atoms with Gasteiger partial charge in [0.2, 0.25) is 11.9 Å². The molecule has 1 aromatic heterocycles. The number of carbonyl (C=O) groups excluding carboxylic acids is 1. The second-order valence-electron chi connectivity index (χ2n) is 10.1. The zero-order valence-corrected chi connectivity index (χ0v) is 20.7. The molecule has 3 aliphatic rings. The van der Waals surface area contributed by atoms with Gasteiger partial charge in [-0.2, -0.15) is 4.98 Å². The number of hydrogen-bond donors (Lipinski definition) is 1. The number of nitrogens with zero attached hydrogens (tertiary/aromatic N) is 5. The molecule has 0 saturated carbocycles. The molecule has 0 aliphatic carbocycles. The van der Waals surface area contributed by atoms with E-state index in [9.17, 15) is 4.79 Å². The van der Waals surface area contributed by atoms with Crippen molar-refractivity contribution in [2.75, 3.05) is 49.5 Å². The van der Waals surface area contributed by atoms with Crippen LogP contribution in [0, 0.1) is 0 Å². The van der Waals surface area contributed by atoms with Crippen molar-refractivity contribution in [3.8, 4) is 0 Å². The lowest BCUT2D eigenvalue weighted by molar-refractivity contribution is -0.127. The molecule has 1 amide bonds. The number of piperidine rings is 1. The third-order valence-electron chi connectivity index (χ3n) is 7.57. The van der Waals surface area contributed by atoms with Crippen molar-refractivity contribution in [1.29, 1.82) is 0 Å². The molecule has 0 bridgehead atoms. The molecule has 5 rings (SSSR count). The van der Waals surface area contributed by atoms with Gasteiger partial charge in [-0.3, -0.25) is 9.69 Å². The predicted octanol–water partition coefficient (Wildman–Crippen LogP) is 4.05. The molecule has 3 aliphatic heterocycles. The van der Waals surface area contributed by atoms with Crippen molar-refractivity contribution in [1.82, 2.24) is 19.8 Å². The largest absolute Gasteiger partial charge is 0.356 e. The van der Waals surface area contributed by atoms with Crippen LogP contribution in [-0.4, -0.2) is 77.0 Å². The topological polar surface area (TPSA) is 64.6 Å². The minimum atomic E-state index is 0.117. The Morgan fingerprint density at radius 1 is 0.914 bits per heavy atom. The average molecular weight is 475 g/mol. The normalized spacial score (nSPS) is 24.0. The Kier molecular flexibility index (Phi) is 7.93. The summed E-state index contributed by atoms with van der Waals surface area (Å²) in [6.45, 7) is 5.86. The van der Waals surface area contributed by atoms with Crippen LogP contribution < -0.4 is 10.2 Å². The van der Waals surface area contributed by atoms with Crippen LogP contribution in [0.5, 0.6) is 0 Å². The minimum Gasteiger partial charge on any atom is -0.356 e. The van der Waals surface area contributed by atoms with Gasteiger partial charge >= 0.3 is 0 Å². The summed E-state index contributed by atoms with van der Waals surface area (Å²) in [5.41, 5.74) is 1.06. The molecular weight excluding hydrogens is 436 g/mol. The van der Waals surface area contributed by atoms with Gasteiger partial charge in [-0.15, -0.1) is 0 Å². The number of amides is 1. The molecule has 1 aromatic carbocycles. The highest BCUT2D eigenvalue weighted by molar-refractivity contribution is 5.91. The number of rotatable bonds is 6. The molecule has 186 valence electrons. The molecule has 4 heterocycles. The Labute approximate surface area is 209 Å². The molecule has 3 saturated heterocycles. The second-order valence-corrected chi connectivity index (χ2v) is 10.1. The average Bonchev–Trinajstić information content (AvgIpc) is 3.19. The number of aromatic nitrogens is 2. The fourth-order valence-electron chi connectivity index (χ4n) is 5.60. The standard InChI is InChI=1S/C28H38N6O/c35-27(13-12-23-9-4-3-5-10-23)34-19-8-11-25(22-34)33-20-15-24(21-33)30-28-29-16-14-26(31-28)32-17-6-1-2-7-18-32/h3-5,9-10,12-14,16,24-25H,1-2,6-8,11,15,17-22H2,(H,29,30,31)/b13-12+. The lowest BCUT2D eigenvalue weighted by Gasteiger charge is -2.37. The summed E-state index contributed by atoms with van der Waals surface area (Å²) < 4.78 is 0. The lowest BCUT2D eigenvalue weighted by Crippen LogP contribution is -2.49. The van der Waals surface area contributed by atoms with Gasteiger partial charge in [0.15, 0.2) is 0 Å². The van der Waals surface area contributed by atoms with E-state index in [0.717, 1.165) is 75.9 Å². The van der Waals surface area contributed by atoms with E-state index in [1.54, 1.807) is 6.08 Å². The van der Waals surface area contributed by atoms with Crippen LogP contribution in [0.4, 0.5) is 11.8 Å². The maximum atomic E-state index is 12.8. The molecule has 2 unspecified atom stereocenters. The molecular formula is C28H38N6O. The SMILES string of the molecule is O=C(/C=C/c1ccccc1)N1CCCC(N2CCC(Nc3nccc(N4CCCCCC4)n3)C2)C1. The van der Waals surface area contributed by atoms with Gasteiger partial charge in [-0.1, -0.05) is 43.2 Å². The van der Waals surface area contributed by atoms with Crippen molar-refractivity contribution in [2.45, 2.75) is 57.0 Å². The number of benzene rings is 1. The first kappa shape index (κ1) is 23.8. The monoisotopic (exact) mass is 474 g/mol. The predicted molar refractivity (Wildman–Crippen MR) is 141 cm³/mol. The molecule has 7 heteroatoms. The van der Waals surface area contributed by atoms with E-state index < -0.39 is 0 Å². The zero-order valence-electron chi connectivity index (χ0n) is 20.7. The molecule has 35 heavy (non-hydrogen) atoms. The van der Waals surface area contributed by atoms with Gasteiger partial charge < -0.3 is 15.1 Å². The Bertz CT molecular complexity index is 988. The van der Waals surface area contributed by atoms with Crippen molar-refractivity contribution in [3.05, 3.63) is 54.2 Å². The van der Waals surface area contributed by atoms with E-state index in [4.69, 9.17) is 4.98 Å². The molecule has 3 fully saturated rings. The molecule has 2 atom stereocenters. The molecule has 0 spiro atoms. The molecule has 7 nitrogen and oxygen atoms in total. The summed E-state index contributed by atoms with van der Waals surface area (Å²) in [5, 5.41) is 3.60. The second kappa shape index (κ2) is 11.7. The Balaban J connectivity index is 1.13. The highest BCUT2D eigenvalue weighted by atomic mass is 16.2. The van der Waals surface area contributed by atoms with E-state index in [1.807, 2.05) is 53.6 Å². The Morgan fingerprint density at radius 2 is 1.74 bits per heavy atom. The van der Waals surface area contributed by atoms with Crippen LogP contribution in [0.15, 0.2) is 48.7 Å². The van der Waals surface area contributed by atoms with E-state index in [2.05, 4.69) is 20.1 Å². The molecule has 2 aromatic rings. The quantitative estimate of drug-likeness (QED) is 0.638. The summed E-state index contributed by atoms with van der Waals surface area (Å²) in [5.74, 6) is 1.90. The van der Waals surface area contributed by atoms with Gasteiger partial charge in [0.1, 0.15) is 5.82 Å². The van der Waals surface area contributed by atoms with Crippen LogP contribution in [0.1, 0.15) is 50.5 Å². The van der Waals surface area contributed by atoms with Crippen LogP contribution in [0.25, 0.3) is 6.08 Å². The van der Waals surface area contributed by atoms with E-state index in [-0.39, 0.29) is 5.91 Å². The summed E-state index contributed by atoms with van der Waals surface area (Å²) in [7, 11) is 0. The van der Waals surface area contributed by atoms with Crippen molar-refractivity contribution in [3.63, 3.8) is 0 Å². The first-order valence-electron chi connectivity index (χ1n) is 13.4. The third-order valence-corrected chi connectivity index (χ3v) is 7.57. The summed E-state index contributed by atoms with van der Waals surface area (Å²) in [4.78, 5) is 29.1. The van der Waals surface area contributed by atoms with Gasteiger partial charge in [0, 0.05) is 63.6 Å².